The summed E-state index contributed by atoms with van der Waals surface area (Å²) >= 11 is 1.58. The van der Waals surface area contributed by atoms with E-state index in [0.717, 1.165) is 22.5 Å². The molecule has 0 radical (unpaired) electrons. The first-order valence-corrected chi connectivity index (χ1v) is 9.07. The fraction of sp³-hybridized carbons (Fsp3) is 0.438. The zero-order chi connectivity index (χ0) is 16.5. The molecular formula is C16H19N7S. The number of aromatic nitrogens is 7. The van der Waals surface area contributed by atoms with Gasteiger partial charge in [0.05, 0.1) is 11.4 Å². The Balaban J connectivity index is 1.51. The molecule has 0 atom stereocenters. The summed E-state index contributed by atoms with van der Waals surface area (Å²) in [6, 6.07) is 8.14. The molecule has 0 amide bonds. The van der Waals surface area contributed by atoms with Crippen molar-refractivity contribution in [2.24, 2.45) is 7.05 Å². The second-order valence-corrected chi connectivity index (χ2v) is 7.10. The molecule has 1 saturated carbocycles. The minimum Gasteiger partial charge on any atom is -0.317 e. The van der Waals surface area contributed by atoms with Crippen LogP contribution in [-0.4, -0.2) is 35.0 Å². The quantitative estimate of drug-likeness (QED) is 0.664. The van der Waals surface area contributed by atoms with Gasteiger partial charge in [0, 0.05) is 13.0 Å². The zero-order valence-corrected chi connectivity index (χ0v) is 14.6. The third-order valence-electron chi connectivity index (χ3n) is 4.49. The fourth-order valence-corrected chi connectivity index (χ4v) is 3.71. The van der Waals surface area contributed by atoms with Crippen LogP contribution in [0.25, 0.3) is 5.69 Å². The molecule has 2 aromatic heterocycles. The van der Waals surface area contributed by atoms with E-state index < -0.39 is 0 Å². The Bertz CT molecular complexity index is 850. The Morgan fingerprint density at radius 2 is 2.08 bits per heavy atom. The molecule has 2 heterocycles. The molecule has 1 aromatic carbocycles. The number of aryl methyl sites for hydroxylation is 1. The predicted octanol–water partition coefficient (Wildman–Crippen LogP) is 2.66. The standard InChI is InChI=1S/C16H19N7S/c1-11-5-3-8-13(9-11)23-16(19-20-21-23)24-10-14-17-18-15(22(14)2)12-6-4-7-12/h3,5,8-9,12H,4,6-7,10H2,1-2H3. The summed E-state index contributed by atoms with van der Waals surface area (Å²) in [7, 11) is 2.05. The van der Waals surface area contributed by atoms with E-state index >= 15 is 0 Å². The van der Waals surface area contributed by atoms with Crippen LogP contribution in [0.2, 0.25) is 0 Å². The Morgan fingerprint density at radius 1 is 1.21 bits per heavy atom. The van der Waals surface area contributed by atoms with Crippen LogP contribution in [0.4, 0.5) is 0 Å². The smallest absolute Gasteiger partial charge is 0.214 e. The van der Waals surface area contributed by atoms with E-state index in [1.165, 1.54) is 24.8 Å². The van der Waals surface area contributed by atoms with Crippen LogP contribution in [0.5, 0.6) is 0 Å². The summed E-state index contributed by atoms with van der Waals surface area (Å²) in [5, 5.41) is 21.5. The summed E-state index contributed by atoms with van der Waals surface area (Å²) in [6.07, 6.45) is 3.75. The van der Waals surface area contributed by atoms with Crippen molar-refractivity contribution in [3.05, 3.63) is 41.5 Å². The largest absolute Gasteiger partial charge is 0.317 e. The Hall–Kier alpha value is -2.22. The molecule has 8 heteroatoms. The number of nitrogens with zero attached hydrogens (tertiary/aromatic N) is 7. The van der Waals surface area contributed by atoms with Gasteiger partial charge in [-0.15, -0.1) is 15.3 Å². The molecule has 3 aromatic rings. The molecule has 1 fully saturated rings. The van der Waals surface area contributed by atoms with Crippen molar-refractivity contribution in [2.75, 3.05) is 0 Å². The molecule has 0 N–H and O–H groups in total. The van der Waals surface area contributed by atoms with Gasteiger partial charge in [-0.05, 0) is 47.9 Å². The van der Waals surface area contributed by atoms with Gasteiger partial charge in [0.1, 0.15) is 11.6 Å². The van der Waals surface area contributed by atoms with Gasteiger partial charge >= 0.3 is 0 Å². The van der Waals surface area contributed by atoms with Gasteiger partial charge in [-0.1, -0.05) is 30.3 Å². The minimum atomic E-state index is 0.582. The summed E-state index contributed by atoms with van der Waals surface area (Å²) in [4.78, 5) is 0. The SMILES string of the molecule is Cc1cccc(-n2nnnc2SCc2nnc(C3CCC3)n2C)c1. The average molecular weight is 341 g/mol. The van der Waals surface area contributed by atoms with E-state index in [-0.39, 0.29) is 0 Å². The second-order valence-electron chi connectivity index (χ2n) is 6.16. The van der Waals surface area contributed by atoms with Crippen LogP contribution in [0.1, 0.15) is 42.4 Å². The Morgan fingerprint density at radius 3 is 2.83 bits per heavy atom. The number of tetrazole rings is 1. The first-order chi connectivity index (χ1) is 11.7. The van der Waals surface area contributed by atoms with Gasteiger partial charge in [0.2, 0.25) is 5.16 Å². The summed E-state index contributed by atoms with van der Waals surface area (Å²) in [6.45, 7) is 2.06. The summed E-state index contributed by atoms with van der Waals surface area (Å²) < 4.78 is 3.89. The molecule has 1 aliphatic carbocycles. The highest BCUT2D eigenvalue weighted by Gasteiger charge is 2.25. The topological polar surface area (TPSA) is 74.3 Å². The highest BCUT2D eigenvalue weighted by molar-refractivity contribution is 7.98. The van der Waals surface area contributed by atoms with Crippen LogP contribution in [-0.2, 0) is 12.8 Å². The first-order valence-electron chi connectivity index (χ1n) is 8.09. The molecule has 0 unspecified atom stereocenters. The maximum absolute atomic E-state index is 4.37. The average Bonchev–Trinajstić information content (AvgIpc) is 3.12. The first kappa shape index (κ1) is 15.3. The molecule has 7 nitrogen and oxygen atoms in total. The van der Waals surface area contributed by atoms with Crippen LogP contribution in [0.3, 0.4) is 0 Å². The van der Waals surface area contributed by atoms with Crippen molar-refractivity contribution >= 4 is 11.8 Å². The lowest BCUT2D eigenvalue weighted by atomic mass is 9.85. The third kappa shape index (κ3) is 2.82. The van der Waals surface area contributed by atoms with Gasteiger partial charge in [0.25, 0.3) is 0 Å². The maximum Gasteiger partial charge on any atom is 0.214 e. The molecule has 0 saturated heterocycles. The molecule has 24 heavy (non-hydrogen) atoms. The van der Waals surface area contributed by atoms with Crippen LogP contribution >= 0.6 is 11.8 Å². The van der Waals surface area contributed by atoms with E-state index in [0.29, 0.717) is 11.7 Å². The lowest BCUT2D eigenvalue weighted by molar-refractivity contribution is 0.391. The normalized spacial score (nSPS) is 14.8. The highest BCUT2D eigenvalue weighted by atomic mass is 32.2. The maximum atomic E-state index is 4.37. The van der Waals surface area contributed by atoms with Gasteiger partial charge in [-0.25, -0.2) is 0 Å². The second kappa shape index (κ2) is 6.35. The molecule has 4 rings (SSSR count). The van der Waals surface area contributed by atoms with Gasteiger partial charge in [-0.2, -0.15) is 4.68 Å². The summed E-state index contributed by atoms with van der Waals surface area (Å²) in [5.41, 5.74) is 2.15. The lowest BCUT2D eigenvalue weighted by Crippen LogP contribution is -2.14. The van der Waals surface area contributed by atoms with Crippen molar-refractivity contribution in [1.29, 1.82) is 0 Å². The molecule has 1 aliphatic rings. The van der Waals surface area contributed by atoms with Crippen molar-refractivity contribution in [3.63, 3.8) is 0 Å². The van der Waals surface area contributed by atoms with Crippen molar-refractivity contribution in [1.82, 2.24) is 35.0 Å². The zero-order valence-electron chi connectivity index (χ0n) is 13.8. The highest BCUT2D eigenvalue weighted by Crippen LogP contribution is 2.35. The van der Waals surface area contributed by atoms with Crippen molar-refractivity contribution < 1.29 is 0 Å². The van der Waals surface area contributed by atoms with Crippen LogP contribution in [0.15, 0.2) is 29.4 Å². The number of hydrogen-bond acceptors (Lipinski definition) is 6. The van der Waals surface area contributed by atoms with Crippen LogP contribution < -0.4 is 0 Å². The molecule has 0 aliphatic heterocycles. The monoisotopic (exact) mass is 341 g/mol. The van der Waals surface area contributed by atoms with Crippen molar-refractivity contribution in [2.45, 2.75) is 43.0 Å². The minimum absolute atomic E-state index is 0.582. The number of rotatable bonds is 5. The Kier molecular flexibility index (Phi) is 4.05. The van der Waals surface area contributed by atoms with E-state index in [2.05, 4.69) is 49.3 Å². The predicted molar refractivity (Wildman–Crippen MR) is 91.0 cm³/mol. The molecular weight excluding hydrogens is 322 g/mol. The molecule has 0 bridgehead atoms. The van der Waals surface area contributed by atoms with Gasteiger partial charge < -0.3 is 4.57 Å². The van der Waals surface area contributed by atoms with E-state index in [1.807, 2.05) is 19.2 Å². The number of thioether (sulfide) groups is 1. The number of benzene rings is 1. The van der Waals surface area contributed by atoms with Crippen molar-refractivity contribution in [3.8, 4) is 5.69 Å². The third-order valence-corrected chi connectivity index (χ3v) is 5.40. The van der Waals surface area contributed by atoms with E-state index in [1.54, 1.807) is 16.4 Å². The van der Waals surface area contributed by atoms with Gasteiger partial charge in [0.15, 0.2) is 0 Å². The molecule has 124 valence electrons. The molecule has 0 spiro atoms. The fourth-order valence-electron chi connectivity index (χ4n) is 2.84. The van der Waals surface area contributed by atoms with Crippen LogP contribution in [0, 0.1) is 6.92 Å². The van der Waals surface area contributed by atoms with E-state index in [4.69, 9.17) is 0 Å². The summed E-state index contributed by atoms with van der Waals surface area (Å²) in [5.74, 6) is 3.34. The Labute approximate surface area is 144 Å². The van der Waals surface area contributed by atoms with E-state index in [9.17, 15) is 0 Å². The van der Waals surface area contributed by atoms with Gasteiger partial charge in [-0.3, -0.25) is 0 Å². The lowest BCUT2D eigenvalue weighted by Gasteiger charge is -2.24. The number of hydrogen-bond donors (Lipinski definition) is 0.